The number of anilines is 1. The van der Waals surface area contributed by atoms with Gasteiger partial charge in [-0.05, 0) is 51.9 Å². The van der Waals surface area contributed by atoms with Gasteiger partial charge in [-0.2, -0.15) is 0 Å². The van der Waals surface area contributed by atoms with Crippen molar-refractivity contribution in [2.24, 2.45) is 0 Å². The van der Waals surface area contributed by atoms with E-state index in [1.54, 1.807) is 6.08 Å². The Morgan fingerprint density at radius 1 is 1.16 bits per heavy atom. The van der Waals surface area contributed by atoms with Crippen molar-refractivity contribution in [3.8, 4) is 12.3 Å². The second kappa shape index (κ2) is 6.71. The van der Waals surface area contributed by atoms with Crippen LogP contribution < -0.4 is 10.1 Å². The van der Waals surface area contributed by atoms with Crippen molar-refractivity contribution in [3.63, 3.8) is 0 Å². The Morgan fingerprint density at radius 3 is 2.60 bits per heavy atom. The largest absolute Gasteiger partial charge is 0.344 e. The Bertz CT molecular complexity index is 1110. The fraction of sp³-hybridized carbons (Fsp3) is 0.0833. The summed E-state index contributed by atoms with van der Waals surface area (Å²) in [6.45, 7) is 10.3. The van der Waals surface area contributed by atoms with Crippen LogP contribution in [0.3, 0.4) is 0 Å². The molecular weight excluding hydrogens is 302 g/mol. The van der Waals surface area contributed by atoms with Crippen LogP contribution in [-0.4, -0.2) is 7.05 Å². The number of benzene rings is 3. The fourth-order valence-corrected chi connectivity index (χ4v) is 3.39. The molecule has 3 rings (SSSR count). The lowest BCUT2D eigenvalue weighted by atomic mass is 9.93. The minimum absolute atomic E-state index is 1.01. The number of hydrogen-bond donors (Lipinski definition) is 0. The van der Waals surface area contributed by atoms with E-state index in [2.05, 4.69) is 60.4 Å². The van der Waals surface area contributed by atoms with Gasteiger partial charge in [-0.1, -0.05) is 61.6 Å². The number of allylic oxidation sites excluding steroid dienone is 3. The molecule has 1 nitrogen and oxygen atoms in total. The first-order chi connectivity index (χ1) is 12.1. The van der Waals surface area contributed by atoms with Gasteiger partial charge in [0.25, 0.3) is 0 Å². The van der Waals surface area contributed by atoms with Crippen LogP contribution in [0.4, 0.5) is 5.69 Å². The lowest BCUT2D eigenvalue weighted by Crippen LogP contribution is -2.17. The molecule has 0 saturated carbocycles. The molecule has 0 unspecified atom stereocenters. The van der Waals surface area contributed by atoms with E-state index in [0.29, 0.717) is 0 Å². The van der Waals surface area contributed by atoms with Crippen LogP contribution in [0.1, 0.15) is 12.5 Å². The van der Waals surface area contributed by atoms with Crippen molar-refractivity contribution in [3.05, 3.63) is 77.7 Å². The van der Waals surface area contributed by atoms with E-state index in [1.807, 2.05) is 32.2 Å². The molecule has 1 heteroatoms. The Labute approximate surface area is 149 Å². The van der Waals surface area contributed by atoms with Crippen LogP contribution in [-0.2, 0) is 0 Å². The maximum absolute atomic E-state index is 5.37. The van der Waals surface area contributed by atoms with Crippen molar-refractivity contribution in [2.45, 2.75) is 6.92 Å². The molecule has 3 aromatic rings. The van der Waals surface area contributed by atoms with E-state index in [9.17, 15) is 0 Å². The molecule has 0 aliphatic rings. The molecule has 0 aliphatic heterocycles. The standard InChI is InChI=1S/C24H21N/c1-6-9-13-20(7-2)25(5)22-16-19-12-10-11-18-15-14-17(4)23(24(18)19)21(22)8-3/h1,7-16H,3-4H2,2,5H3/b13-9-,20-7+. The molecule has 0 bridgehead atoms. The van der Waals surface area contributed by atoms with Crippen LogP contribution in [0.25, 0.3) is 34.2 Å². The number of likely N-dealkylation sites (N-methyl/N-ethyl adjacent to an activating group) is 1. The highest BCUT2D eigenvalue weighted by molar-refractivity contribution is 6.15. The van der Waals surface area contributed by atoms with Crippen molar-refractivity contribution in [2.75, 3.05) is 11.9 Å². The first kappa shape index (κ1) is 16.6. The van der Waals surface area contributed by atoms with Crippen LogP contribution in [0.2, 0.25) is 0 Å². The zero-order chi connectivity index (χ0) is 18.0. The van der Waals surface area contributed by atoms with Crippen molar-refractivity contribution in [1.82, 2.24) is 0 Å². The lowest BCUT2D eigenvalue weighted by Gasteiger charge is -2.25. The van der Waals surface area contributed by atoms with Gasteiger partial charge in [0.1, 0.15) is 0 Å². The average Bonchev–Trinajstić information content (AvgIpc) is 2.64. The van der Waals surface area contributed by atoms with Crippen LogP contribution in [0, 0.1) is 12.3 Å². The van der Waals surface area contributed by atoms with Crippen molar-refractivity contribution in [1.29, 1.82) is 0 Å². The third-order valence-corrected chi connectivity index (χ3v) is 4.60. The molecule has 25 heavy (non-hydrogen) atoms. The average molecular weight is 323 g/mol. The Morgan fingerprint density at radius 2 is 1.92 bits per heavy atom. The van der Waals surface area contributed by atoms with Gasteiger partial charge >= 0.3 is 0 Å². The van der Waals surface area contributed by atoms with E-state index >= 15 is 0 Å². The molecule has 0 saturated heterocycles. The van der Waals surface area contributed by atoms with E-state index in [1.165, 1.54) is 16.2 Å². The van der Waals surface area contributed by atoms with Gasteiger partial charge in [-0.3, -0.25) is 0 Å². The summed E-state index contributed by atoms with van der Waals surface area (Å²) in [6, 6.07) is 12.8. The quantitative estimate of drug-likeness (QED) is 0.465. The zero-order valence-electron chi connectivity index (χ0n) is 14.7. The maximum atomic E-state index is 5.37. The molecule has 0 aromatic heterocycles. The highest BCUT2D eigenvalue weighted by atomic mass is 15.1. The molecule has 0 amide bonds. The molecule has 0 atom stereocenters. The minimum atomic E-state index is 1.01. The topological polar surface area (TPSA) is 3.24 Å². The summed E-state index contributed by atoms with van der Waals surface area (Å²) in [4.78, 5) is 2.14. The molecule has 0 heterocycles. The maximum Gasteiger partial charge on any atom is 0.0494 e. The highest BCUT2D eigenvalue weighted by Gasteiger charge is 2.15. The van der Waals surface area contributed by atoms with E-state index < -0.39 is 0 Å². The number of nitrogens with zero attached hydrogens (tertiary/aromatic N) is 1. The SMILES string of the molecule is C#C/C=C\C(=C/C)N(C)c1cc2cccc3ccc(=C)c(c1C=C)c32. The van der Waals surface area contributed by atoms with Gasteiger partial charge in [0.15, 0.2) is 0 Å². The summed E-state index contributed by atoms with van der Waals surface area (Å²) in [5.74, 6) is 2.55. The highest BCUT2D eigenvalue weighted by Crippen LogP contribution is 2.35. The van der Waals surface area contributed by atoms with Crippen LogP contribution in [0.15, 0.2) is 66.9 Å². The second-order valence-corrected chi connectivity index (χ2v) is 5.96. The zero-order valence-corrected chi connectivity index (χ0v) is 14.7. The number of terminal acetylenes is 1. The molecule has 0 radical (unpaired) electrons. The number of rotatable bonds is 4. The first-order valence-corrected chi connectivity index (χ1v) is 8.24. The molecule has 0 aliphatic carbocycles. The monoisotopic (exact) mass is 323 g/mol. The Balaban J connectivity index is 2.39. The number of hydrogen-bond acceptors (Lipinski definition) is 1. The van der Waals surface area contributed by atoms with Crippen LogP contribution >= 0.6 is 0 Å². The van der Waals surface area contributed by atoms with Gasteiger partial charge in [0, 0.05) is 24.0 Å². The molecule has 0 fully saturated rings. The summed E-state index contributed by atoms with van der Waals surface area (Å²) in [6.07, 6.45) is 13.0. The molecule has 3 aromatic carbocycles. The summed E-state index contributed by atoms with van der Waals surface area (Å²) >= 11 is 0. The van der Waals surface area contributed by atoms with Crippen LogP contribution in [0.5, 0.6) is 0 Å². The second-order valence-electron chi connectivity index (χ2n) is 5.96. The molecular formula is C24H21N. The summed E-state index contributed by atoms with van der Waals surface area (Å²) in [5.41, 5.74) is 3.20. The predicted molar refractivity (Wildman–Crippen MR) is 112 cm³/mol. The Hall–Kier alpha value is -3.24. The third-order valence-electron chi connectivity index (χ3n) is 4.60. The van der Waals surface area contributed by atoms with Gasteiger partial charge < -0.3 is 4.90 Å². The summed E-state index contributed by atoms with van der Waals surface area (Å²) < 4.78 is 0. The molecule has 122 valence electrons. The predicted octanol–water partition coefficient (Wildman–Crippen LogP) is 5.29. The van der Waals surface area contributed by atoms with Gasteiger partial charge in [-0.15, -0.1) is 6.42 Å². The lowest BCUT2D eigenvalue weighted by molar-refractivity contribution is 1.13. The molecule has 0 N–H and O–H groups in total. The van der Waals surface area contributed by atoms with E-state index in [0.717, 1.165) is 27.6 Å². The minimum Gasteiger partial charge on any atom is -0.344 e. The molecule has 0 spiro atoms. The first-order valence-electron chi connectivity index (χ1n) is 8.24. The van der Waals surface area contributed by atoms with E-state index in [-0.39, 0.29) is 0 Å². The van der Waals surface area contributed by atoms with Crippen molar-refractivity contribution < 1.29 is 0 Å². The normalized spacial score (nSPS) is 12.0. The van der Waals surface area contributed by atoms with Crippen molar-refractivity contribution >= 4 is 39.9 Å². The van der Waals surface area contributed by atoms with Gasteiger partial charge in [0.05, 0.1) is 0 Å². The summed E-state index contributed by atoms with van der Waals surface area (Å²) in [5, 5.41) is 5.82. The smallest absolute Gasteiger partial charge is 0.0494 e. The third kappa shape index (κ3) is 2.73. The summed E-state index contributed by atoms with van der Waals surface area (Å²) in [7, 11) is 2.04. The fourth-order valence-electron chi connectivity index (χ4n) is 3.39. The Kier molecular flexibility index (Phi) is 4.46. The van der Waals surface area contributed by atoms with E-state index in [4.69, 9.17) is 6.42 Å². The van der Waals surface area contributed by atoms with Gasteiger partial charge in [-0.25, -0.2) is 0 Å². The van der Waals surface area contributed by atoms with Gasteiger partial charge in [0.2, 0.25) is 0 Å².